The zero-order valence-corrected chi connectivity index (χ0v) is 23.8. The van der Waals surface area contributed by atoms with Crippen molar-refractivity contribution in [2.24, 2.45) is 5.92 Å². The summed E-state index contributed by atoms with van der Waals surface area (Å²) in [7, 11) is 0. The third-order valence-corrected chi connectivity index (χ3v) is 7.39. The van der Waals surface area contributed by atoms with Crippen LogP contribution in [0.1, 0.15) is 37.8 Å². The Hall–Kier alpha value is -4.93. The second-order valence-corrected chi connectivity index (χ2v) is 10.8. The van der Waals surface area contributed by atoms with Gasteiger partial charge in [-0.1, -0.05) is 56.3 Å². The van der Waals surface area contributed by atoms with E-state index in [0.717, 1.165) is 39.9 Å². The Morgan fingerprint density at radius 1 is 0.932 bits per heavy atom. The lowest BCUT2D eigenvalue weighted by Gasteiger charge is -2.28. The molecule has 2 amide bonds. The topological polar surface area (TPSA) is 87.2 Å². The lowest BCUT2D eigenvalue weighted by atomic mass is 9.91. The van der Waals surface area contributed by atoms with Crippen molar-refractivity contribution >= 4 is 39.8 Å². The molecule has 0 atom stereocenters. The highest BCUT2D eigenvalue weighted by atomic mass is 19.4. The van der Waals surface area contributed by atoms with Crippen LogP contribution < -0.4 is 9.64 Å². The maximum absolute atomic E-state index is 15.8. The molecule has 44 heavy (non-hydrogen) atoms. The van der Waals surface area contributed by atoms with E-state index in [1.165, 1.54) is 12.2 Å². The maximum Gasteiger partial charge on any atom is 0.416 e. The van der Waals surface area contributed by atoms with Gasteiger partial charge in [0.1, 0.15) is 0 Å². The molecule has 228 valence electrons. The number of hydrogen-bond acceptors (Lipinski definition) is 5. The Kier molecular flexibility index (Phi) is 8.31. The first-order chi connectivity index (χ1) is 20.9. The van der Waals surface area contributed by atoms with E-state index in [2.05, 4.69) is 0 Å². The third kappa shape index (κ3) is 5.95. The van der Waals surface area contributed by atoms with Crippen molar-refractivity contribution in [3.05, 3.63) is 101 Å². The first-order valence-electron chi connectivity index (χ1n) is 13.9. The molecular formula is C33H28F4N2O5. The van der Waals surface area contributed by atoms with Crippen molar-refractivity contribution in [2.45, 2.75) is 32.9 Å². The summed E-state index contributed by atoms with van der Waals surface area (Å²) in [6, 6.07) is 14.6. The Morgan fingerprint density at radius 3 is 2.30 bits per heavy atom. The van der Waals surface area contributed by atoms with Gasteiger partial charge < -0.3 is 14.7 Å². The molecule has 0 aromatic heterocycles. The van der Waals surface area contributed by atoms with Gasteiger partial charge in [-0.2, -0.15) is 13.2 Å². The van der Waals surface area contributed by atoms with Gasteiger partial charge in [0.25, 0.3) is 11.8 Å². The van der Waals surface area contributed by atoms with Gasteiger partial charge in [-0.25, -0.2) is 4.39 Å². The Balaban J connectivity index is 1.63. The number of carboxylic acids is 1. The molecule has 0 fully saturated rings. The first-order valence-corrected chi connectivity index (χ1v) is 13.9. The fraction of sp³-hybridized carbons (Fsp3) is 0.242. The molecule has 1 N–H and O–H groups in total. The Morgan fingerprint density at radius 2 is 1.64 bits per heavy atom. The minimum Gasteiger partial charge on any atom is -0.481 e. The highest BCUT2D eigenvalue weighted by Crippen LogP contribution is 2.44. The van der Waals surface area contributed by atoms with Gasteiger partial charge in [0, 0.05) is 24.0 Å². The van der Waals surface area contributed by atoms with E-state index in [1.807, 2.05) is 44.2 Å². The van der Waals surface area contributed by atoms with Crippen molar-refractivity contribution in [3.63, 3.8) is 0 Å². The monoisotopic (exact) mass is 608 g/mol. The molecule has 2 aliphatic heterocycles. The molecule has 3 aromatic carbocycles. The second-order valence-electron chi connectivity index (χ2n) is 10.8. The number of rotatable bonds is 8. The number of alkyl halides is 3. The molecule has 0 saturated carbocycles. The molecule has 7 nitrogen and oxygen atoms in total. The molecule has 2 aliphatic rings. The predicted octanol–water partition coefficient (Wildman–Crippen LogP) is 7.10. The molecule has 5 rings (SSSR count). The van der Waals surface area contributed by atoms with Crippen LogP contribution in [0.2, 0.25) is 0 Å². The number of carbonyl (C=O) groups is 3. The lowest BCUT2D eigenvalue weighted by molar-refractivity contribution is -0.142. The lowest BCUT2D eigenvalue weighted by Crippen LogP contribution is -2.43. The number of halogens is 4. The Labute approximate surface area is 250 Å². The number of nitrogens with zero attached hydrogens (tertiary/aromatic N) is 2. The molecule has 0 spiro atoms. The fourth-order valence-electron chi connectivity index (χ4n) is 5.09. The van der Waals surface area contributed by atoms with Gasteiger partial charge in [-0.3, -0.25) is 19.3 Å². The van der Waals surface area contributed by atoms with Crippen LogP contribution in [-0.2, 0) is 20.6 Å². The van der Waals surface area contributed by atoms with E-state index in [1.54, 1.807) is 11.0 Å². The van der Waals surface area contributed by atoms with E-state index in [0.29, 0.717) is 17.9 Å². The van der Waals surface area contributed by atoms with E-state index in [9.17, 15) is 32.7 Å². The van der Waals surface area contributed by atoms with Crippen molar-refractivity contribution in [3.8, 4) is 5.75 Å². The summed E-state index contributed by atoms with van der Waals surface area (Å²) in [4.78, 5) is 40.5. The van der Waals surface area contributed by atoms with E-state index in [4.69, 9.17) is 4.74 Å². The summed E-state index contributed by atoms with van der Waals surface area (Å²) in [5, 5.41) is 11.0. The van der Waals surface area contributed by atoms with Crippen LogP contribution in [0.5, 0.6) is 5.75 Å². The van der Waals surface area contributed by atoms with Crippen molar-refractivity contribution in [2.75, 3.05) is 18.0 Å². The molecule has 11 heteroatoms. The van der Waals surface area contributed by atoms with Crippen molar-refractivity contribution in [1.82, 2.24) is 4.90 Å². The van der Waals surface area contributed by atoms with Gasteiger partial charge >= 0.3 is 12.1 Å². The third-order valence-electron chi connectivity index (χ3n) is 7.39. The standard InChI is InChI=1S/C33H28F4N2O5/c1-19(2)15-17-39-31(42)24(28(29(34)32(39)43)21-7-10-22(11-8-21)33(35,36)37)12-14-26-38(18-16-27(40)41)25-13-9-20-5-3-4-6-23(20)30(25)44-26/h3-14,19H,15-18H2,1-2H3,(H,40,41)/b24-12-,26-14-. The van der Waals surface area contributed by atoms with Gasteiger partial charge in [-0.15, -0.1) is 0 Å². The molecule has 0 aliphatic carbocycles. The number of amides is 2. The fourth-order valence-corrected chi connectivity index (χ4v) is 5.09. The number of hydrogen-bond donors (Lipinski definition) is 1. The number of allylic oxidation sites excluding steroid dienone is 2. The highest BCUT2D eigenvalue weighted by Gasteiger charge is 2.39. The predicted molar refractivity (Wildman–Crippen MR) is 156 cm³/mol. The van der Waals surface area contributed by atoms with Crippen LogP contribution >= 0.6 is 0 Å². The van der Waals surface area contributed by atoms with Crippen LogP contribution in [0, 0.1) is 5.92 Å². The molecule has 0 unspecified atom stereocenters. The summed E-state index contributed by atoms with van der Waals surface area (Å²) in [5.74, 6) is -3.61. The van der Waals surface area contributed by atoms with E-state index < -0.39 is 40.9 Å². The number of imide groups is 1. The molecule has 0 saturated heterocycles. The summed E-state index contributed by atoms with van der Waals surface area (Å²) in [5.41, 5.74) is -1.18. The molecule has 0 bridgehead atoms. The van der Waals surface area contributed by atoms with Crippen LogP contribution in [0.3, 0.4) is 0 Å². The number of carboxylic acid groups (broad SMARTS) is 1. The normalized spacial score (nSPS) is 17.3. The maximum atomic E-state index is 15.8. The minimum atomic E-state index is -4.64. The molecule has 0 radical (unpaired) electrons. The molecule has 3 aromatic rings. The average Bonchev–Trinajstić information content (AvgIpc) is 3.34. The number of carbonyl (C=O) groups excluding carboxylic acids is 2. The van der Waals surface area contributed by atoms with Crippen molar-refractivity contribution in [1.29, 1.82) is 0 Å². The summed E-state index contributed by atoms with van der Waals surface area (Å²) < 4.78 is 61.6. The van der Waals surface area contributed by atoms with Crippen LogP contribution in [-0.4, -0.2) is 40.9 Å². The quantitative estimate of drug-likeness (QED) is 0.167. The second kappa shape index (κ2) is 12.0. The molecular weight excluding hydrogens is 580 g/mol. The van der Waals surface area contributed by atoms with E-state index >= 15 is 4.39 Å². The number of anilines is 1. The van der Waals surface area contributed by atoms with Gasteiger partial charge in [-0.05, 0) is 53.6 Å². The number of benzene rings is 3. The minimum absolute atomic E-state index is 0.0125. The summed E-state index contributed by atoms with van der Waals surface area (Å²) >= 11 is 0. The SMILES string of the molecule is CC(C)CCN1C(=O)C(F)=C(c2ccc(C(F)(F)F)cc2)/C(=C/C=C2\Oc3c(ccc4ccccc34)N2CCC(=O)O)C1=O. The number of ether oxygens (including phenoxy) is 1. The van der Waals surface area contributed by atoms with Gasteiger partial charge in [0.2, 0.25) is 5.88 Å². The van der Waals surface area contributed by atoms with Crippen molar-refractivity contribution < 1.29 is 41.8 Å². The smallest absolute Gasteiger partial charge is 0.416 e. The van der Waals surface area contributed by atoms with E-state index in [-0.39, 0.29) is 42.4 Å². The zero-order valence-electron chi connectivity index (χ0n) is 23.8. The van der Waals surface area contributed by atoms with Gasteiger partial charge in [0.05, 0.1) is 23.2 Å². The highest BCUT2D eigenvalue weighted by molar-refractivity contribution is 6.24. The average molecular weight is 609 g/mol. The van der Waals surface area contributed by atoms with Crippen LogP contribution in [0.15, 0.2) is 90.1 Å². The first kappa shape index (κ1) is 30.5. The Bertz CT molecular complexity index is 1740. The summed E-state index contributed by atoms with van der Waals surface area (Å²) in [6.45, 7) is 3.71. The van der Waals surface area contributed by atoms with Crippen LogP contribution in [0.25, 0.3) is 16.3 Å². The summed E-state index contributed by atoms with van der Waals surface area (Å²) in [6.07, 6.45) is -1.86. The number of aliphatic carboxylic acids is 1. The number of fused-ring (bicyclic) bond motifs is 3. The largest absolute Gasteiger partial charge is 0.481 e. The molecule has 2 heterocycles. The zero-order chi connectivity index (χ0) is 31.8. The van der Waals surface area contributed by atoms with Crippen LogP contribution in [0.4, 0.5) is 23.2 Å². The van der Waals surface area contributed by atoms with Gasteiger partial charge in [0.15, 0.2) is 11.6 Å².